The molecule has 2 aliphatic carbocycles. The van der Waals surface area contributed by atoms with Crippen LogP contribution in [0.25, 0.3) is 0 Å². The van der Waals surface area contributed by atoms with Crippen LogP contribution in [0.5, 0.6) is 0 Å². The van der Waals surface area contributed by atoms with Gasteiger partial charge in [-0.25, -0.2) is 4.79 Å². The highest BCUT2D eigenvalue weighted by molar-refractivity contribution is 6.09. The van der Waals surface area contributed by atoms with Crippen molar-refractivity contribution in [3.63, 3.8) is 0 Å². The van der Waals surface area contributed by atoms with Crippen LogP contribution in [0.3, 0.4) is 0 Å². The number of carbonyl (C=O) groups is 3. The Morgan fingerprint density at radius 1 is 0.962 bits per heavy atom. The second-order valence-corrected chi connectivity index (χ2v) is 8.75. The van der Waals surface area contributed by atoms with E-state index in [-0.39, 0.29) is 24.4 Å². The molecule has 0 unspecified atom stereocenters. The quantitative estimate of drug-likeness (QED) is 0.769. The Morgan fingerprint density at radius 3 is 2.38 bits per heavy atom. The lowest BCUT2D eigenvalue weighted by Gasteiger charge is -2.41. The third kappa shape index (κ3) is 3.23. The fraction of sp³-hybridized carbons (Fsp3) is 0.850. The summed E-state index contributed by atoms with van der Waals surface area (Å²) in [6.45, 7) is 1.48. The highest BCUT2D eigenvalue weighted by atomic mass is 16.2. The molecule has 2 aliphatic heterocycles. The SMILES string of the molecule is O=C(CN1C(=O)NC2(CCCCCC2)C1=O)N1CC[C@@H]2CCCC[C@H]2C1. The molecule has 6 nitrogen and oxygen atoms in total. The summed E-state index contributed by atoms with van der Waals surface area (Å²) in [6.07, 6.45) is 11.7. The molecule has 0 aromatic carbocycles. The number of hydrogen-bond acceptors (Lipinski definition) is 3. The van der Waals surface area contributed by atoms with Gasteiger partial charge in [-0.05, 0) is 37.5 Å². The van der Waals surface area contributed by atoms with E-state index >= 15 is 0 Å². The lowest BCUT2D eigenvalue weighted by molar-refractivity contribution is -0.141. The predicted molar refractivity (Wildman–Crippen MR) is 97.3 cm³/mol. The minimum Gasteiger partial charge on any atom is -0.341 e. The number of amides is 4. The van der Waals surface area contributed by atoms with E-state index in [2.05, 4.69) is 5.32 Å². The number of rotatable bonds is 2. The Balaban J connectivity index is 1.39. The van der Waals surface area contributed by atoms with Gasteiger partial charge in [-0.3, -0.25) is 14.5 Å². The second kappa shape index (κ2) is 7.20. The maximum absolute atomic E-state index is 13.0. The molecule has 0 aromatic heterocycles. The first kappa shape index (κ1) is 17.8. The highest BCUT2D eigenvalue weighted by Crippen LogP contribution is 2.36. The van der Waals surface area contributed by atoms with E-state index < -0.39 is 5.54 Å². The minimum absolute atomic E-state index is 0.0665. The van der Waals surface area contributed by atoms with Gasteiger partial charge in [0.1, 0.15) is 12.1 Å². The van der Waals surface area contributed by atoms with Gasteiger partial charge in [0.05, 0.1) is 0 Å². The van der Waals surface area contributed by atoms with Crippen molar-refractivity contribution in [2.45, 2.75) is 76.2 Å². The summed E-state index contributed by atoms with van der Waals surface area (Å²) in [4.78, 5) is 41.3. The van der Waals surface area contributed by atoms with Gasteiger partial charge in [0.2, 0.25) is 5.91 Å². The predicted octanol–water partition coefficient (Wildman–Crippen LogP) is 2.67. The van der Waals surface area contributed by atoms with Crippen LogP contribution in [0.4, 0.5) is 4.79 Å². The van der Waals surface area contributed by atoms with Crippen LogP contribution in [0.15, 0.2) is 0 Å². The largest absolute Gasteiger partial charge is 0.341 e. The standard InChI is InChI=1S/C20H31N3O3/c24-17(22-12-9-15-7-3-4-8-16(15)13-22)14-23-18(25)20(21-19(23)26)10-5-1-2-6-11-20/h15-16H,1-14H2,(H,21,26)/t15-,16-/m0/s1. The Labute approximate surface area is 155 Å². The van der Waals surface area contributed by atoms with Crippen molar-refractivity contribution in [1.29, 1.82) is 0 Å². The van der Waals surface area contributed by atoms with Crippen molar-refractivity contribution >= 4 is 17.8 Å². The van der Waals surface area contributed by atoms with Gasteiger partial charge >= 0.3 is 6.03 Å². The molecular formula is C20H31N3O3. The zero-order chi connectivity index (χ0) is 18.1. The van der Waals surface area contributed by atoms with Crippen LogP contribution < -0.4 is 5.32 Å². The van der Waals surface area contributed by atoms with Gasteiger partial charge in [0.15, 0.2) is 0 Å². The molecule has 144 valence electrons. The second-order valence-electron chi connectivity index (χ2n) is 8.75. The van der Waals surface area contributed by atoms with E-state index in [1.807, 2.05) is 4.90 Å². The number of likely N-dealkylation sites (tertiary alicyclic amines) is 1. The molecule has 1 spiro atoms. The molecule has 4 fully saturated rings. The fourth-order valence-electron chi connectivity index (χ4n) is 5.55. The van der Waals surface area contributed by atoms with Gasteiger partial charge in [0.25, 0.3) is 5.91 Å². The number of hydrogen-bond donors (Lipinski definition) is 1. The topological polar surface area (TPSA) is 69.7 Å². The Hall–Kier alpha value is -1.59. The summed E-state index contributed by atoms with van der Waals surface area (Å²) in [7, 11) is 0. The van der Waals surface area contributed by atoms with Crippen molar-refractivity contribution in [1.82, 2.24) is 15.1 Å². The van der Waals surface area contributed by atoms with Crippen molar-refractivity contribution < 1.29 is 14.4 Å². The number of nitrogens with one attached hydrogen (secondary N) is 1. The maximum atomic E-state index is 13.0. The van der Waals surface area contributed by atoms with Crippen LogP contribution in [0, 0.1) is 11.8 Å². The molecule has 0 radical (unpaired) electrons. The van der Waals surface area contributed by atoms with Gasteiger partial charge < -0.3 is 10.2 Å². The summed E-state index contributed by atoms with van der Waals surface area (Å²) in [6, 6.07) is -0.377. The van der Waals surface area contributed by atoms with Gasteiger partial charge in [-0.15, -0.1) is 0 Å². The Bertz CT molecular complexity index is 583. The van der Waals surface area contributed by atoms with Crippen LogP contribution in [-0.4, -0.2) is 52.8 Å². The molecule has 2 heterocycles. The molecule has 1 N–H and O–H groups in total. The number of nitrogens with zero attached hydrogens (tertiary/aromatic N) is 2. The van der Waals surface area contributed by atoms with Crippen molar-refractivity contribution in [3.8, 4) is 0 Å². The van der Waals surface area contributed by atoms with E-state index in [4.69, 9.17) is 0 Å². The minimum atomic E-state index is -0.746. The number of imide groups is 1. The van der Waals surface area contributed by atoms with Crippen LogP contribution >= 0.6 is 0 Å². The summed E-state index contributed by atoms with van der Waals surface area (Å²) in [5, 5.41) is 2.93. The van der Waals surface area contributed by atoms with Crippen molar-refractivity contribution in [3.05, 3.63) is 0 Å². The van der Waals surface area contributed by atoms with Crippen molar-refractivity contribution in [2.24, 2.45) is 11.8 Å². The molecule has 6 heteroatoms. The lowest BCUT2D eigenvalue weighted by Crippen LogP contribution is -2.50. The molecular weight excluding hydrogens is 330 g/mol. The zero-order valence-corrected chi connectivity index (χ0v) is 15.7. The first-order valence-corrected chi connectivity index (χ1v) is 10.5. The van der Waals surface area contributed by atoms with E-state index in [0.717, 1.165) is 51.1 Å². The average molecular weight is 361 g/mol. The number of piperidine rings is 1. The summed E-state index contributed by atoms with van der Waals surface area (Å²) in [5.74, 6) is 1.13. The third-order valence-corrected chi connectivity index (χ3v) is 7.14. The van der Waals surface area contributed by atoms with E-state index in [1.165, 1.54) is 30.6 Å². The zero-order valence-electron chi connectivity index (χ0n) is 15.7. The van der Waals surface area contributed by atoms with Gasteiger partial charge in [-0.2, -0.15) is 0 Å². The molecule has 2 atom stereocenters. The monoisotopic (exact) mass is 361 g/mol. The van der Waals surface area contributed by atoms with Crippen LogP contribution in [-0.2, 0) is 9.59 Å². The van der Waals surface area contributed by atoms with Crippen LogP contribution in [0.2, 0.25) is 0 Å². The molecule has 2 saturated carbocycles. The highest BCUT2D eigenvalue weighted by Gasteiger charge is 2.51. The van der Waals surface area contributed by atoms with E-state index in [9.17, 15) is 14.4 Å². The van der Waals surface area contributed by atoms with Crippen LogP contribution in [0.1, 0.15) is 70.6 Å². The number of carbonyl (C=O) groups excluding carboxylic acids is 3. The number of urea groups is 1. The summed E-state index contributed by atoms with van der Waals surface area (Å²) < 4.78 is 0. The first-order chi connectivity index (χ1) is 12.6. The average Bonchev–Trinajstić information content (AvgIpc) is 2.83. The molecule has 26 heavy (non-hydrogen) atoms. The Kier molecular flexibility index (Phi) is 4.93. The molecule has 0 bridgehead atoms. The summed E-state index contributed by atoms with van der Waals surface area (Å²) >= 11 is 0. The third-order valence-electron chi connectivity index (χ3n) is 7.14. The Morgan fingerprint density at radius 2 is 1.65 bits per heavy atom. The molecule has 2 saturated heterocycles. The fourth-order valence-corrected chi connectivity index (χ4v) is 5.55. The van der Waals surface area contributed by atoms with E-state index in [1.54, 1.807) is 0 Å². The molecule has 4 aliphatic rings. The number of fused-ring (bicyclic) bond motifs is 1. The summed E-state index contributed by atoms with van der Waals surface area (Å²) in [5.41, 5.74) is -0.746. The molecule has 4 amide bonds. The van der Waals surface area contributed by atoms with Crippen molar-refractivity contribution in [2.75, 3.05) is 19.6 Å². The smallest absolute Gasteiger partial charge is 0.325 e. The molecule has 0 aromatic rings. The maximum Gasteiger partial charge on any atom is 0.325 e. The first-order valence-electron chi connectivity index (χ1n) is 10.5. The van der Waals surface area contributed by atoms with E-state index in [0.29, 0.717) is 18.8 Å². The van der Waals surface area contributed by atoms with Gasteiger partial charge in [0, 0.05) is 13.1 Å². The normalized spacial score (nSPS) is 31.5. The lowest BCUT2D eigenvalue weighted by atomic mass is 9.75. The molecule has 4 rings (SSSR count). The van der Waals surface area contributed by atoms with Gasteiger partial charge in [-0.1, -0.05) is 44.9 Å².